The lowest BCUT2D eigenvalue weighted by atomic mass is 10.1. The summed E-state index contributed by atoms with van der Waals surface area (Å²) >= 11 is 0. The zero-order valence-electron chi connectivity index (χ0n) is 17.3. The van der Waals surface area contributed by atoms with Crippen molar-refractivity contribution < 1.29 is 19.2 Å². The Balaban J connectivity index is 2.53. The van der Waals surface area contributed by atoms with E-state index in [0.29, 0.717) is 13.0 Å². The van der Waals surface area contributed by atoms with Gasteiger partial charge in [0.15, 0.2) is 0 Å². The van der Waals surface area contributed by atoms with Crippen molar-refractivity contribution in [2.45, 2.75) is 84.8 Å². The predicted octanol–water partition coefficient (Wildman–Crippen LogP) is 5.04. The highest BCUT2D eigenvalue weighted by atomic mass is 16.7. The number of esters is 1. The molecule has 0 aliphatic rings. The van der Waals surface area contributed by atoms with Crippen molar-refractivity contribution >= 4 is 11.9 Å². The van der Waals surface area contributed by atoms with Crippen molar-refractivity contribution in [2.24, 2.45) is 0 Å². The molecule has 0 saturated heterocycles. The zero-order chi connectivity index (χ0) is 20.1. The number of ether oxygens (including phenoxy) is 1. The molecule has 0 aliphatic heterocycles. The first-order valence-corrected chi connectivity index (χ1v) is 10.0. The van der Waals surface area contributed by atoms with Gasteiger partial charge in [-0.05, 0) is 32.8 Å². The van der Waals surface area contributed by atoms with Crippen molar-refractivity contribution in [1.82, 2.24) is 5.06 Å². The van der Waals surface area contributed by atoms with Gasteiger partial charge in [0.05, 0.1) is 13.0 Å². The molecule has 1 aromatic rings. The van der Waals surface area contributed by atoms with Crippen LogP contribution in [0, 0.1) is 0 Å². The molecule has 1 aromatic carbocycles. The number of hydrogen-bond donors (Lipinski definition) is 0. The van der Waals surface area contributed by atoms with Crippen molar-refractivity contribution in [3.63, 3.8) is 0 Å². The van der Waals surface area contributed by atoms with Crippen molar-refractivity contribution in [3.8, 4) is 0 Å². The highest BCUT2D eigenvalue weighted by Crippen LogP contribution is 2.12. The molecule has 1 rings (SSSR count). The van der Waals surface area contributed by atoms with Crippen LogP contribution in [-0.2, 0) is 25.8 Å². The summed E-state index contributed by atoms with van der Waals surface area (Å²) in [6.07, 6.45) is 5.96. The molecule has 0 radical (unpaired) electrons. The molecule has 0 heterocycles. The van der Waals surface area contributed by atoms with E-state index in [2.05, 4.69) is 6.92 Å². The number of hydroxylamine groups is 2. The SMILES string of the molecule is CCCCCCCC(=O)N(CCC(=O)OC(C)(C)C)OCc1ccccc1. The van der Waals surface area contributed by atoms with E-state index < -0.39 is 5.60 Å². The first-order valence-electron chi connectivity index (χ1n) is 10.0. The number of hydrogen-bond acceptors (Lipinski definition) is 4. The molecule has 0 aliphatic carbocycles. The van der Waals surface area contributed by atoms with E-state index in [0.717, 1.165) is 24.8 Å². The first kappa shape index (κ1) is 23.2. The molecule has 5 heteroatoms. The minimum atomic E-state index is -0.532. The molecule has 0 spiro atoms. The van der Waals surface area contributed by atoms with E-state index in [1.54, 1.807) is 0 Å². The monoisotopic (exact) mass is 377 g/mol. The number of amides is 1. The van der Waals surface area contributed by atoms with Crippen molar-refractivity contribution in [3.05, 3.63) is 35.9 Å². The summed E-state index contributed by atoms with van der Waals surface area (Å²) < 4.78 is 5.32. The second-order valence-corrected chi connectivity index (χ2v) is 7.76. The van der Waals surface area contributed by atoms with E-state index in [1.165, 1.54) is 17.9 Å². The van der Waals surface area contributed by atoms with Crippen LogP contribution in [0.2, 0.25) is 0 Å². The van der Waals surface area contributed by atoms with E-state index in [-0.39, 0.29) is 24.8 Å². The average Bonchev–Trinajstić information content (AvgIpc) is 2.60. The summed E-state index contributed by atoms with van der Waals surface area (Å²) in [5.74, 6) is -0.405. The fourth-order valence-electron chi connectivity index (χ4n) is 2.58. The number of unbranched alkanes of at least 4 members (excludes halogenated alkanes) is 4. The van der Waals surface area contributed by atoms with Crippen LogP contribution in [0.4, 0.5) is 0 Å². The minimum absolute atomic E-state index is 0.0778. The van der Waals surface area contributed by atoms with Crippen LogP contribution in [0.5, 0.6) is 0 Å². The van der Waals surface area contributed by atoms with Gasteiger partial charge in [0, 0.05) is 6.42 Å². The highest BCUT2D eigenvalue weighted by molar-refractivity contribution is 5.76. The molecule has 0 unspecified atom stereocenters. The van der Waals surface area contributed by atoms with Crippen LogP contribution in [0.3, 0.4) is 0 Å². The van der Waals surface area contributed by atoms with Gasteiger partial charge in [0.25, 0.3) is 0 Å². The van der Waals surface area contributed by atoms with Crippen LogP contribution in [0.15, 0.2) is 30.3 Å². The number of carbonyl (C=O) groups excluding carboxylic acids is 2. The molecular weight excluding hydrogens is 342 g/mol. The van der Waals surface area contributed by atoms with Gasteiger partial charge in [-0.1, -0.05) is 62.9 Å². The fourth-order valence-corrected chi connectivity index (χ4v) is 2.58. The van der Waals surface area contributed by atoms with Gasteiger partial charge in [-0.25, -0.2) is 5.06 Å². The molecule has 0 fully saturated rings. The molecule has 5 nitrogen and oxygen atoms in total. The third kappa shape index (κ3) is 11.4. The van der Waals surface area contributed by atoms with Gasteiger partial charge >= 0.3 is 5.97 Å². The first-order chi connectivity index (χ1) is 12.8. The zero-order valence-corrected chi connectivity index (χ0v) is 17.3. The number of nitrogens with zero attached hydrogens (tertiary/aromatic N) is 1. The maximum atomic E-state index is 12.5. The average molecular weight is 378 g/mol. The van der Waals surface area contributed by atoms with Crippen LogP contribution < -0.4 is 0 Å². The van der Waals surface area contributed by atoms with Gasteiger partial charge < -0.3 is 4.74 Å². The number of benzene rings is 1. The summed E-state index contributed by atoms with van der Waals surface area (Å²) in [6, 6.07) is 9.69. The third-order valence-electron chi connectivity index (χ3n) is 3.94. The summed E-state index contributed by atoms with van der Waals surface area (Å²) in [4.78, 5) is 30.2. The predicted molar refractivity (Wildman–Crippen MR) is 107 cm³/mol. The van der Waals surface area contributed by atoms with Crippen LogP contribution in [0.25, 0.3) is 0 Å². The van der Waals surface area contributed by atoms with Gasteiger partial charge in [-0.15, -0.1) is 0 Å². The van der Waals surface area contributed by atoms with Crippen LogP contribution in [0.1, 0.15) is 78.2 Å². The quantitative estimate of drug-likeness (QED) is 0.291. The maximum absolute atomic E-state index is 12.5. The molecular formula is C22H35NO4. The standard InChI is InChI=1S/C22H35NO4/c1-5-6-7-8-12-15-20(24)23(17-16-21(25)27-22(2,3)4)26-18-19-13-10-9-11-14-19/h9-11,13-14H,5-8,12,15-18H2,1-4H3. The van der Waals surface area contributed by atoms with Gasteiger partial charge in [-0.2, -0.15) is 0 Å². The molecule has 0 aromatic heterocycles. The molecule has 1 amide bonds. The molecule has 27 heavy (non-hydrogen) atoms. The Morgan fingerprint density at radius 2 is 1.63 bits per heavy atom. The van der Waals surface area contributed by atoms with E-state index in [4.69, 9.17) is 9.57 Å². The summed E-state index contributed by atoms with van der Waals surface area (Å²) in [5, 5.41) is 1.33. The summed E-state index contributed by atoms with van der Waals surface area (Å²) in [5.41, 5.74) is 0.450. The summed E-state index contributed by atoms with van der Waals surface area (Å²) in [7, 11) is 0. The Kier molecular flexibility index (Phi) is 10.7. The lowest BCUT2D eigenvalue weighted by Gasteiger charge is -2.24. The molecule has 0 atom stereocenters. The largest absolute Gasteiger partial charge is 0.460 e. The lowest BCUT2D eigenvalue weighted by molar-refractivity contribution is -0.194. The van der Waals surface area contributed by atoms with Crippen LogP contribution >= 0.6 is 0 Å². The normalized spacial score (nSPS) is 11.3. The Bertz CT molecular complexity index is 551. The van der Waals surface area contributed by atoms with Gasteiger partial charge in [0.2, 0.25) is 5.91 Å². The fraction of sp³-hybridized carbons (Fsp3) is 0.636. The Labute approximate surface area is 164 Å². The Hall–Kier alpha value is -1.88. The lowest BCUT2D eigenvalue weighted by Crippen LogP contribution is -2.34. The topological polar surface area (TPSA) is 55.8 Å². The van der Waals surface area contributed by atoms with Crippen molar-refractivity contribution in [2.75, 3.05) is 6.54 Å². The van der Waals surface area contributed by atoms with E-state index >= 15 is 0 Å². The third-order valence-corrected chi connectivity index (χ3v) is 3.94. The highest BCUT2D eigenvalue weighted by Gasteiger charge is 2.20. The smallest absolute Gasteiger partial charge is 0.308 e. The minimum Gasteiger partial charge on any atom is -0.460 e. The van der Waals surface area contributed by atoms with E-state index in [1.807, 2.05) is 51.1 Å². The second kappa shape index (κ2) is 12.5. The maximum Gasteiger partial charge on any atom is 0.308 e. The molecule has 0 bridgehead atoms. The Morgan fingerprint density at radius 3 is 2.26 bits per heavy atom. The van der Waals surface area contributed by atoms with Gasteiger partial charge in [0.1, 0.15) is 12.2 Å². The van der Waals surface area contributed by atoms with Crippen molar-refractivity contribution in [1.29, 1.82) is 0 Å². The summed E-state index contributed by atoms with van der Waals surface area (Å²) in [6.45, 7) is 8.16. The van der Waals surface area contributed by atoms with E-state index in [9.17, 15) is 9.59 Å². The number of rotatable bonds is 12. The van der Waals surface area contributed by atoms with Crippen LogP contribution in [-0.4, -0.2) is 29.1 Å². The second-order valence-electron chi connectivity index (χ2n) is 7.76. The molecule has 0 N–H and O–H groups in total. The molecule has 152 valence electrons. The molecule has 0 saturated carbocycles. The Morgan fingerprint density at radius 1 is 0.963 bits per heavy atom. The number of carbonyl (C=O) groups is 2. The van der Waals surface area contributed by atoms with Gasteiger partial charge in [-0.3, -0.25) is 14.4 Å².